The lowest BCUT2D eigenvalue weighted by atomic mass is 9.82. The van der Waals surface area contributed by atoms with Gasteiger partial charge in [0.25, 0.3) is 0 Å². The maximum atomic E-state index is 11.0. The minimum Gasteiger partial charge on any atom is -0.378 e. The molecule has 148 valence electrons. The molecule has 1 aromatic heterocycles. The molecule has 1 saturated carbocycles. The van der Waals surface area contributed by atoms with Gasteiger partial charge < -0.3 is 10.4 Å². The number of nitrogens with one attached hydrogen (secondary N) is 1. The summed E-state index contributed by atoms with van der Waals surface area (Å²) >= 11 is 6.03. The molecular formula is C24H24ClN3O. The Hall–Kier alpha value is -2.74. The van der Waals surface area contributed by atoms with Crippen molar-refractivity contribution in [2.75, 3.05) is 5.32 Å². The van der Waals surface area contributed by atoms with Crippen LogP contribution in [0.15, 0.2) is 60.7 Å². The van der Waals surface area contributed by atoms with Gasteiger partial charge in [-0.3, -0.25) is 4.68 Å². The number of benzene rings is 2. The molecule has 0 saturated heterocycles. The van der Waals surface area contributed by atoms with Crippen molar-refractivity contribution in [3.05, 3.63) is 71.2 Å². The van der Waals surface area contributed by atoms with Crippen LogP contribution in [0.4, 0.5) is 5.82 Å². The zero-order valence-electron chi connectivity index (χ0n) is 16.4. The van der Waals surface area contributed by atoms with Crippen molar-refractivity contribution < 1.29 is 5.11 Å². The molecule has 0 radical (unpaired) electrons. The van der Waals surface area contributed by atoms with Gasteiger partial charge in [0.2, 0.25) is 0 Å². The summed E-state index contributed by atoms with van der Waals surface area (Å²) in [6.07, 6.45) is 3.17. The number of halogens is 1. The van der Waals surface area contributed by atoms with Crippen molar-refractivity contribution >= 4 is 17.4 Å². The highest BCUT2D eigenvalue weighted by Gasteiger charge is 2.33. The predicted octanol–water partition coefficient (Wildman–Crippen LogP) is 4.88. The number of aliphatic hydroxyl groups is 1. The van der Waals surface area contributed by atoms with Gasteiger partial charge >= 0.3 is 0 Å². The van der Waals surface area contributed by atoms with Crippen LogP contribution in [0.25, 0.3) is 11.3 Å². The third-order valence-corrected chi connectivity index (χ3v) is 5.53. The number of aromatic nitrogens is 2. The molecule has 0 aliphatic heterocycles. The molecule has 0 spiro atoms. The minimum atomic E-state index is -1.00. The van der Waals surface area contributed by atoms with Gasteiger partial charge in [-0.2, -0.15) is 5.10 Å². The Morgan fingerprint density at radius 2 is 2.00 bits per heavy atom. The first-order valence-electron chi connectivity index (χ1n) is 9.88. The number of hydrogen-bond acceptors (Lipinski definition) is 3. The largest absolute Gasteiger partial charge is 0.378 e. The lowest BCUT2D eigenvalue weighted by Gasteiger charge is -2.33. The summed E-state index contributed by atoms with van der Waals surface area (Å²) in [7, 11) is 1.93. The summed E-state index contributed by atoms with van der Waals surface area (Å²) < 4.78 is 1.85. The summed E-state index contributed by atoms with van der Waals surface area (Å²) in [6.45, 7) is 0. The van der Waals surface area contributed by atoms with Crippen molar-refractivity contribution in [3.8, 4) is 23.1 Å². The van der Waals surface area contributed by atoms with E-state index < -0.39 is 5.60 Å². The maximum absolute atomic E-state index is 11.0. The second-order valence-electron chi connectivity index (χ2n) is 7.63. The van der Waals surface area contributed by atoms with E-state index in [-0.39, 0.29) is 6.04 Å². The van der Waals surface area contributed by atoms with Crippen molar-refractivity contribution in [1.82, 2.24) is 9.78 Å². The second kappa shape index (κ2) is 8.32. The number of aryl methyl sites for hydroxylation is 1. The van der Waals surface area contributed by atoms with E-state index in [4.69, 9.17) is 11.6 Å². The Labute approximate surface area is 176 Å². The fourth-order valence-electron chi connectivity index (χ4n) is 3.81. The first-order valence-corrected chi connectivity index (χ1v) is 10.3. The predicted molar refractivity (Wildman–Crippen MR) is 118 cm³/mol. The van der Waals surface area contributed by atoms with Crippen LogP contribution in [0.1, 0.15) is 31.2 Å². The van der Waals surface area contributed by atoms with Crippen LogP contribution < -0.4 is 5.32 Å². The number of nitrogens with zero attached hydrogens (tertiary/aromatic N) is 2. The van der Waals surface area contributed by atoms with Gasteiger partial charge in [0.1, 0.15) is 11.4 Å². The molecule has 29 heavy (non-hydrogen) atoms. The summed E-state index contributed by atoms with van der Waals surface area (Å²) in [4.78, 5) is 0. The Morgan fingerprint density at radius 3 is 2.79 bits per heavy atom. The molecule has 2 atom stereocenters. The van der Waals surface area contributed by atoms with E-state index in [1.165, 1.54) is 0 Å². The Morgan fingerprint density at radius 1 is 1.17 bits per heavy atom. The lowest BCUT2D eigenvalue weighted by Crippen LogP contribution is -2.39. The van der Waals surface area contributed by atoms with Gasteiger partial charge in [0.05, 0.1) is 5.69 Å². The monoisotopic (exact) mass is 405 g/mol. The normalized spacial score (nSPS) is 21.3. The van der Waals surface area contributed by atoms with Gasteiger partial charge in [0, 0.05) is 41.7 Å². The summed E-state index contributed by atoms with van der Waals surface area (Å²) in [6, 6.07) is 19.7. The van der Waals surface area contributed by atoms with E-state index in [2.05, 4.69) is 40.5 Å². The topological polar surface area (TPSA) is 50.1 Å². The van der Waals surface area contributed by atoms with E-state index >= 15 is 0 Å². The number of rotatable bonds is 3. The van der Waals surface area contributed by atoms with Gasteiger partial charge in [-0.1, -0.05) is 59.8 Å². The Balaban J connectivity index is 1.47. The number of hydrogen-bond donors (Lipinski definition) is 2. The van der Waals surface area contributed by atoms with Crippen LogP contribution in [0.5, 0.6) is 0 Å². The van der Waals surface area contributed by atoms with Crippen molar-refractivity contribution in [2.45, 2.75) is 37.3 Å². The molecule has 1 heterocycles. The van der Waals surface area contributed by atoms with Crippen molar-refractivity contribution in [2.24, 2.45) is 7.05 Å². The summed E-state index contributed by atoms with van der Waals surface area (Å²) in [5.74, 6) is 7.12. The molecule has 1 aliphatic rings. The fourth-order valence-corrected chi connectivity index (χ4v) is 4.00. The molecule has 1 fully saturated rings. The van der Waals surface area contributed by atoms with E-state index in [0.717, 1.165) is 35.5 Å². The zero-order valence-corrected chi connectivity index (χ0v) is 17.2. The lowest BCUT2D eigenvalue weighted by molar-refractivity contribution is 0.0560. The molecule has 1 aliphatic carbocycles. The zero-order chi connectivity index (χ0) is 20.3. The minimum absolute atomic E-state index is 0.140. The van der Waals surface area contributed by atoms with E-state index in [0.29, 0.717) is 17.9 Å². The quantitative estimate of drug-likeness (QED) is 0.611. The van der Waals surface area contributed by atoms with Crippen LogP contribution >= 0.6 is 11.6 Å². The molecule has 0 amide bonds. The van der Waals surface area contributed by atoms with Gasteiger partial charge in [-0.05, 0) is 37.5 Å². The molecule has 2 N–H and O–H groups in total. The second-order valence-corrected chi connectivity index (χ2v) is 8.07. The molecule has 2 unspecified atom stereocenters. The van der Waals surface area contributed by atoms with Crippen LogP contribution in [0.3, 0.4) is 0 Å². The van der Waals surface area contributed by atoms with Crippen molar-refractivity contribution in [3.63, 3.8) is 0 Å². The summed E-state index contributed by atoms with van der Waals surface area (Å²) in [5, 5.41) is 19.9. The molecule has 3 aromatic rings. The Kier molecular flexibility index (Phi) is 5.62. The SMILES string of the molecule is Cn1nc(-c2ccccc2)cc1NC1CCCC(O)(C#Cc2cccc(Cl)c2)C1. The molecule has 5 heteroatoms. The maximum Gasteiger partial charge on any atom is 0.127 e. The average molecular weight is 406 g/mol. The van der Waals surface area contributed by atoms with Gasteiger partial charge in [-0.15, -0.1) is 0 Å². The summed E-state index contributed by atoms with van der Waals surface area (Å²) in [5.41, 5.74) is 1.84. The molecule has 2 aromatic carbocycles. The molecular weight excluding hydrogens is 382 g/mol. The van der Waals surface area contributed by atoms with Crippen LogP contribution in [0, 0.1) is 11.8 Å². The first-order chi connectivity index (χ1) is 14.0. The third kappa shape index (κ3) is 4.82. The smallest absolute Gasteiger partial charge is 0.127 e. The molecule has 4 nitrogen and oxygen atoms in total. The highest BCUT2D eigenvalue weighted by Crippen LogP contribution is 2.31. The average Bonchev–Trinajstić information content (AvgIpc) is 3.08. The van der Waals surface area contributed by atoms with E-state index in [1.54, 1.807) is 0 Å². The standard InChI is InChI=1S/C24H24ClN3O/c1-28-23(16-22(27-28)19-8-3-2-4-9-19)26-21-11-6-13-24(29,17-21)14-12-18-7-5-10-20(25)15-18/h2-5,7-10,15-16,21,26,29H,6,11,13,17H2,1H3. The molecule has 0 bridgehead atoms. The first kappa shape index (κ1) is 19.6. The van der Waals surface area contributed by atoms with Gasteiger partial charge in [0.15, 0.2) is 0 Å². The molecule has 4 rings (SSSR count). The van der Waals surface area contributed by atoms with Crippen LogP contribution in [-0.2, 0) is 7.05 Å². The van der Waals surface area contributed by atoms with Crippen LogP contribution in [0.2, 0.25) is 5.02 Å². The van der Waals surface area contributed by atoms with Crippen LogP contribution in [-0.4, -0.2) is 26.5 Å². The highest BCUT2D eigenvalue weighted by atomic mass is 35.5. The third-order valence-electron chi connectivity index (χ3n) is 5.29. The Bertz CT molecular complexity index is 1050. The fraction of sp³-hybridized carbons (Fsp3) is 0.292. The van der Waals surface area contributed by atoms with E-state index in [9.17, 15) is 5.11 Å². The van der Waals surface area contributed by atoms with Gasteiger partial charge in [-0.25, -0.2) is 0 Å². The highest BCUT2D eigenvalue weighted by molar-refractivity contribution is 6.30. The number of anilines is 1. The van der Waals surface area contributed by atoms with E-state index in [1.807, 2.05) is 54.2 Å². The van der Waals surface area contributed by atoms with Crippen molar-refractivity contribution in [1.29, 1.82) is 0 Å².